The van der Waals surface area contributed by atoms with Gasteiger partial charge in [-0.3, -0.25) is 10.00 Å². The molecule has 1 spiro atoms. The summed E-state index contributed by atoms with van der Waals surface area (Å²) in [6, 6.07) is -0.118. The number of aromatic nitrogens is 4. The minimum absolute atomic E-state index is 0.118. The summed E-state index contributed by atoms with van der Waals surface area (Å²) in [5.74, 6) is 0.423. The Hall–Kier alpha value is -2.80. The highest BCUT2D eigenvalue weighted by Crippen LogP contribution is 2.41. The van der Waals surface area contributed by atoms with E-state index in [1.54, 1.807) is 26.6 Å². The Labute approximate surface area is 213 Å². The van der Waals surface area contributed by atoms with Gasteiger partial charge in [-0.1, -0.05) is 11.3 Å². The molecule has 2 saturated heterocycles. The molecule has 2 aliphatic heterocycles. The number of carbonyl (C=O) groups is 1. The molecule has 11 nitrogen and oxygen atoms in total. The number of amides is 2. The van der Waals surface area contributed by atoms with Crippen LogP contribution in [0, 0.1) is 5.41 Å². The Kier molecular flexibility index (Phi) is 7.65. The van der Waals surface area contributed by atoms with Gasteiger partial charge in [0.15, 0.2) is 5.13 Å². The van der Waals surface area contributed by atoms with Gasteiger partial charge in [-0.25, -0.2) is 14.8 Å². The molecular formula is C24H32N6O5S. The number of hydrogen-bond acceptors (Lipinski definition) is 9. The first-order valence-electron chi connectivity index (χ1n) is 12.2. The number of nitrogens with one attached hydrogen (secondary N) is 1. The SMILES string of the molecule is COCCOCCn1cc(-c2cnc(OC)c3nc(NC(=O)N4CCC5(CCOCC5)C4)sc23)cn1. The van der Waals surface area contributed by atoms with Crippen molar-refractivity contribution in [1.29, 1.82) is 0 Å². The molecule has 194 valence electrons. The van der Waals surface area contributed by atoms with Crippen molar-refractivity contribution in [2.45, 2.75) is 25.8 Å². The highest BCUT2D eigenvalue weighted by Gasteiger charge is 2.41. The van der Waals surface area contributed by atoms with E-state index in [-0.39, 0.29) is 11.4 Å². The van der Waals surface area contributed by atoms with Crippen LogP contribution in [0.2, 0.25) is 0 Å². The number of anilines is 1. The first-order valence-corrected chi connectivity index (χ1v) is 13.0. The van der Waals surface area contributed by atoms with E-state index in [4.69, 9.17) is 18.9 Å². The lowest BCUT2D eigenvalue weighted by molar-refractivity contribution is 0.0211. The molecule has 0 saturated carbocycles. The van der Waals surface area contributed by atoms with Crippen LogP contribution in [0.1, 0.15) is 19.3 Å². The van der Waals surface area contributed by atoms with E-state index < -0.39 is 0 Å². The number of carbonyl (C=O) groups excluding carboxylic acids is 1. The van der Waals surface area contributed by atoms with E-state index in [2.05, 4.69) is 20.4 Å². The third-order valence-electron chi connectivity index (χ3n) is 6.91. The smallest absolute Gasteiger partial charge is 0.323 e. The van der Waals surface area contributed by atoms with Gasteiger partial charge in [0, 0.05) is 56.9 Å². The maximum atomic E-state index is 13.1. The van der Waals surface area contributed by atoms with Crippen molar-refractivity contribution in [3.8, 4) is 17.0 Å². The van der Waals surface area contributed by atoms with Gasteiger partial charge in [0.05, 0.1) is 44.4 Å². The van der Waals surface area contributed by atoms with Crippen LogP contribution in [-0.4, -0.2) is 91.0 Å². The standard InChI is InChI=1S/C24H32N6O5S/c1-32-11-12-35-10-7-30-15-17(13-26-30)18-14-25-21(33-2)19-20(18)36-22(27-19)28-23(31)29-6-3-24(16-29)4-8-34-9-5-24/h13-15H,3-12,16H2,1-2H3,(H,27,28,31). The molecule has 1 N–H and O–H groups in total. The minimum atomic E-state index is -0.118. The summed E-state index contributed by atoms with van der Waals surface area (Å²) in [6.07, 6.45) is 8.56. The van der Waals surface area contributed by atoms with Crippen molar-refractivity contribution in [3.05, 3.63) is 18.6 Å². The van der Waals surface area contributed by atoms with E-state index in [0.717, 1.165) is 61.4 Å². The van der Waals surface area contributed by atoms with Crippen LogP contribution in [0.3, 0.4) is 0 Å². The van der Waals surface area contributed by atoms with Gasteiger partial charge in [0.1, 0.15) is 5.52 Å². The first-order chi connectivity index (χ1) is 17.6. The number of methoxy groups -OCH3 is 2. The average Bonchev–Trinajstić information content (AvgIpc) is 3.63. The molecule has 3 aromatic heterocycles. The lowest BCUT2D eigenvalue weighted by Gasteiger charge is -2.33. The summed E-state index contributed by atoms with van der Waals surface area (Å²) in [7, 11) is 3.22. The molecule has 2 fully saturated rings. The summed E-state index contributed by atoms with van der Waals surface area (Å²) in [5, 5.41) is 7.98. The lowest BCUT2D eigenvalue weighted by atomic mass is 9.80. The van der Waals surface area contributed by atoms with Crippen molar-refractivity contribution in [3.63, 3.8) is 0 Å². The number of thiazole rings is 1. The first kappa shape index (κ1) is 24.9. The van der Waals surface area contributed by atoms with Gasteiger partial charge in [-0.05, 0) is 24.7 Å². The van der Waals surface area contributed by atoms with E-state index in [9.17, 15) is 4.79 Å². The maximum Gasteiger partial charge on any atom is 0.323 e. The van der Waals surface area contributed by atoms with Crippen molar-refractivity contribution in [2.24, 2.45) is 5.41 Å². The van der Waals surface area contributed by atoms with Crippen LogP contribution < -0.4 is 10.1 Å². The number of hydrogen-bond donors (Lipinski definition) is 1. The summed E-state index contributed by atoms with van der Waals surface area (Å²) >= 11 is 1.41. The number of nitrogens with zero attached hydrogens (tertiary/aromatic N) is 5. The molecule has 3 aromatic rings. The highest BCUT2D eigenvalue weighted by molar-refractivity contribution is 7.23. The van der Waals surface area contributed by atoms with E-state index in [1.165, 1.54) is 11.3 Å². The largest absolute Gasteiger partial charge is 0.479 e. The van der Waals surface area contributed by atoms with Crippen LogP contribution in [0.4, 0.5) is 9.93 Å². The normalized spacial score (nSPS) is 17.2. The van der Waals surface area contributed by atoms with Gasteiger partial charge >= 0.3 is 6.03 Å². The molecule has 2 aliphatic rings. The second-order valence-corrected chi connectivity index (χ2v) is 10.2. The molecule has 0 aliphatic carbocycles. The second kappa shape index (κ2) is 11.1. The quantitative estimate of drug-likeness (QED) is 0.431. The fourth-order valence-corrected chi connectivity index (χ4v) is 5.80. The number of pyridine rings is 1. The van der Waals surface area contributed by atoms with E-state index >= 15 is 0 Å². The average molecular weight is 517 g/mol. The number of fused-ring (bicyclic) bond motifs is 1. The fraction of sp³-hybridized carbons (Fsp3) is 0.583. The zero-order valence-electron chi connectivity index (χ0n) is 20.7. The Bertz CT molecular complexity index is 1190. The van der Waals surface area contributed by atoms with Crippen LogP contribution >= 0.6 is 11.3 Å². The molecule has 12 heteroatoms. The van der Waals surface area contributed by atoms with Crippen LogP contribution in [0.15, 0.2) is 18.6 Å². The van der Waals surface area contributed by atoms with Crippen molar-refractivity contribution < 1.29 is 23.7 Å². The zero-order valence-corrected chi connectivity index (χ0v) is 21.5. The molecular weight excluding hydrogens is 484 g/mol. The molecule has 0 unspecified atom stereocenters. The Morgan fingerprint density at radius 1 is 1.19 bits per heavy atom. The topological polar surface area (TPSA) is 113 Å². The van der Waals surface area contributed by atoms with Crippen LogP contribution in [0.25, 0.3) is 21.3 Å². The van der Waals surface area contributed by atoms with Gasteiger partial charge < -0.3 is 23.8 Å². The zero-order chi connectivity index (χ0) is 25.0. The van der Waals surface area contributed by atoms with E-state index in [1.807, 2.05) is 15.8 Å². The molecule has 0 atom stereocenters. The number of rotatable bonds is 9. The van der Waals surface area contributed by atoms with Crippen molar-refractivity contribution >= 4 is 32.7 Å². The highest BCUT2D eigenvalue weighted by atomic mass is 32.1. The minimum Gasteiger partial charge on any atom is -0.479 e. The molecule has 36 heavy (non-hydrogen) atoms. The molecule has 5 rings (SSSR count). The summed E-state index contributed by atoms with van der Waals surface area (Å²) in [5.41, 5.74) is 2.61. The monoisotopic (exact) mass is 516 g/mol. The van der Waals surface area contributed by atoms with Gasteiger partial charge in [0.25, 0.3) is 0 Å². The maximum absolute atomic E-state index is 13.1. The third kappa shape index (κ3) is 5.31. The van der Waals surface area contributed by atoms with Gasteiger partial charge in [-0.15, -0.1) is 0 Å². The van der Waals surface area contributed by atoms with Crippen molar-refractivity contribution in [2.75, 3.05) is 65.7 Å². The summed E-state index contributed by atoms with van der Waals surface area (Å²) in [4.78, 5) is 24.1. The van der Waals surface area contributed by atoms with Crippen LogP contribution in [-0.2, 0) is 20.8 Å². The van der Waals surface area contributed by atoms with Gasteiger partial charge in [-0.2, -0.15) is 5.10 Å². The molecule has 0 aromatic carbocycles. The fourth-order valence-electron chi connectivity index (χ4n) is 4.82. The predicted octanol–water partition coefficient (Wildman–Crippen LogP) is 3.26. The molecule has 5 heterocycles. The van der Waals surface area contributed by atoms with Crippen molar-refractivity contribution in [1.82, 2.24) is 24.6 Å². The number of ether oxygens (including phenoxy) is 4. The molecule has 0 bridgehead atoms. The Morgan fingerprint density at radius 2 is 2.06 bits per heavy atom. The molecule has 0 radical (unpaired) electrons. The van der Waals surface area contributed by atoms with E-state index in [0.29, 0.717) is 42.9 Å². The summed E-state index contributed by atoms with van der Waals surface area (Å²) < 4.78 is 24.2. The predicted molar refractivity (Wildman–Crippen MR) is 136 cm³/mol. The molecule has 2 amide bonds. The van der Waals surface area contributed by atoms with Crippen LogP contribution in [0.5, 0.6) is 5.88 Å². The van der Waals surface area contributed by atoms with Gasteiger partial charge in [0.2, 0.25) is 5.88 Å². The Balaban J connectivity index is 1.31. The lowest BCUT2D eigenvalue weighted by Crippen LogP contribution is -2.37. The number of likely N-dealkylation sites (tertiary alicyclic amines) is 1. The summed E-state index contributed by atoms with van der Waals surface area (Å²) in [6.45, 7) is 5.36. The number of urea groups is 1. The second-order valence-electron chi connectivity index (χ2n) is 9.19. The third-order valence-corrected chi connectivity index (χ3v) is 7.92. The Morgan fingerprint density at radius 3 is 2.86 bits per heavy atom.